The minimum Gasteiger partial charge on any atom is -0.343 e. The predicted octanol–water partition coefficient (Wildman–Crippen LogP) is 3.95. The Morgan fingerprint density at radius 3 is 2.45 bits per heavy atom. The molecule has 4 aromatic rings. The van der Waals surface area contributed by atoms with E-state index >= 15 is 0 Å². The number of anilines is 1. The lowest BCUT2D eigenvalue weighted by Crippen LogP contribution is -2.33. The summed E-state index contributed by atoms with van der Waals surface area (Å²) in [5, 5.41) is 6.84. The van der Waals surface area contributed by atoms with Crippen molar-refractivity contribution in [3.05, 3.63) is 70.8 Å². The van der Waals surface area contributed by atoms with Crippen LogP contribution in [0.15, 0.2) is 48.1 Å². The Bertz CT molecular complexity index is 1620. The number of aryl methyl sites for hydroxylation is 1. The maximum Gasteiger partial charge on any atom is 0.253 e. The molecule has 2 amide bonds. The molecule has 0 radical (unpaired) electrons. The van der Waals surface area contributed by atoms with Gasteiger partial charge in [0.15, 0.2) is 5.13 Å². The number of carbonyl (C=O) groups is 2. The fourth-order valence-corrected chi connectivity index (χ4v) is 5.69. The van der Waals surface area contributed by atoms with Crippen molar-refractivity contribution in [2.24, 2.45) is 0 Å². The number of nitrogens with one attached hydrogen (secondary N) is 2. The van der Waals surface area contributed by atoms with E-state index in [2.05, 4.69) is 25.6 Å². The first kappa shape index (κ1) is 27.1. The van der Waals surface area contributed by atoms with Crippen molar-refractivity contribution in [3.63, 3.8) is 0 Å². The molecule has 3 heterocycles. The minimum absolute atomic E-state index is 0.204. The number of thiazole rings is 1. The van der Waals surface area contributed by atoms with Crippen LogP contribution in [0.2, 0.25) is 0 Å². The highest BCUT2D eigenvalue weighted by molar-refractivity contribution is 7.90. The van der Waals surface area contributed by atoms with Gasteiger partial charge in [0, 0.05) is 34.6 Å². The van der Waals surface area contributed by atoms with Gasteiger partial charge in [0.05, 0.1) is 28.7 Å². The molecule has 4 rings (SSSR count). The summed E-state index contributed by atoms with van der Waals surface area (Å²) < 4.78 is 26.3. The van der Waals surface area contributed by atoms with Crippen molar-refractivity contribution >= 4 is 38.3 Å². The lowest BCUT2D eigenvalue weighted by Gasteiger charge is -2.10. The van der Waals surface area contributed by atoms with Gasteiger partial charge >= 0.3 is 0 Å². The number of amides is 2. The highest BCUT2D eigenvalue weighted by Gasteiger charge is 2.25. The summed E-state index contributed by atoms with van der Waals surface area (Å²) in [4.78, 5) is 38.3. The number of hydrogen-bond donors (Lipinski definition) is 2. The van der Waals surface area contributed by atoms with Crippen molar-refractivity contribution in [2.45, 2.75) is 39.9 Å². The highest BCUT2D eigenvalue weighted by Crippen LogP contribution is 2.28. The van der Waals surface area contributed by atoms with Crippen LogP contribution in [0.3, 0.4) is 0 Å². The van der Waals surface area contributed by atoms with Gasteiger partial charge in [-0.2, -0.15) is 0 Å². The van der Waals surface area contributed by atoms with Gasteiger partial charge in [0.2, 0.25) is 15.9 Å². The molecule has 198 valence electrons. The zero-order valence-electron chi connectivity index (χ0n) is 21.6. The van der Waals surface area contributed by atoms with E-state index in [-0.39, 0.29) is 12.1 Å². The quantitative estimate of drug-likeness (QED) is 0.338. The van der Waals surface area contributed by atoms with Crippen LogP contribution in [0.5, 0.6) is 0 Å². The molecular weight excluding hydrogens is 524 g/mol. The maximum absolute atomic E-state index is 12.7. The van der Waals surface area contributed by atoms with Gasteiger partial charge in [-0.25, -0.2) is 27.3 Å². The summed E-state index contributed by atoms with van der Waals surface area (Å²) in [6.45, 7) is 8.01. The molecule has 12 heteroatoms. The Hall–Kier alpha value is -3.90. The Balaban J connectivity index is 1.40. The van der Waals surface area contributed by atoms with Gasteiger partial charge in [0.25, 0.3) is 5.91 Å². The van der Waals surface area contributed by atoms with Crippen LogP contribution in [0.25, 0.3) is 22.5 Å². The number of aromatic nitrogens is 4. The zero-order valence-corrected chi connectivity index (χ0v) is 23.3. The van der Waals surface area contributed by atoms with E-state index in [9.17, 15) is 18.0 Å². The molecule has 2 N–H and O–H groups in total. The van der Waals surface area contributed by atoms with E-state index in [4.69, 9.17) is 0 Å². The monoisotopic (exact) mass is 552 g/mol. The Morgan fingerprint density at radius 1 is 1.05 bits per heavy atom. The maximum atomic E-state index is 12.7. The second-order valence-electron chi connectivity index (χ2n) is 8.98. The number of benzene rings is 1. The van der Waals surface area contributed by atoms with Gasteiger partial charge in [-0.05, 0) is 52.3 Å². The Labute approximate surface area is 225 Å². The van der Waals surface area contributed by atoms with Crippen LogP contribution in [-0.2, 0) is 14.8 Å². The summed E-state index contributed by atoms with van der Waals surface area (Å²) in [5.74, 6) is -0.301. The van der Waals surface area contributed by atoms with Gasteiger partial charge in [0.1, 0.15) is 5.82 Å². The molecule has 0 saturated carbocycles. The molecule has 10 nitrogen and oxygen atoms in total. The minimum atomic E-state index is -3.61. The Morgan fingerprint density at radius 2 is 1.76 bits per heavy atom. The lowest BCUT2D eigenvalue weighted by molar-refractivity contribution is -0.115. The average Bonchev–Trinajstić information content (AvgIpc) is 3.47. The van der Waals surface area contributed by atoms with E-state index in [1.54, 1.807) is 33.9 Å². The Kier molecular flexibility index (Phi) is 7.74. The summed E-state index contributed by atoms with van der Waals surface area (Å²) in [6, 6.07) is 9.61. The number of rotatable bonds is 8. The molecule has 0 unspecified atom stereocenters. The third-order valence-electron chi connectivity index (χ3n) is 6.03. The van der Waals surface area contributed by atoms with Gasteiger partial charge in [-0.3, -0.25) is 9.59 Å². The summed E-state index contributed by atoms with van der Waals surface area (Å²) in [6.07, 6.45) is 3.02. The van der Waals surface area contributed by atoms with Crippen molar-refractivity contribution < 1.29 is 18.0 Å². The second-order valence-corrected chi connectivity index (χ2v) is 12.2. The van der Waals surface area contributed by atoms with E-state index in [1.165, 1.54) is 17.5 Å². The van der Waals surface area contributed by atoms with Crippen LogP contribution in [0.4, 0.5) is 5.13 Å². The third kappa shape index (κ3) is 5.65. The topological polar surface area (TPSA) is 136 Å². The first-order valence-corrected chi connectivity index (χ1v) is 14.2. The standard InChI is InChI=1S/C26H28N6O4S2/c1-15(2)38(35,36)32-13-21(16(3)17(32)4)25(34)28-12-24(33)31-26-30-23(14-37-26)20-8-6-7-19(11-20)22-9-10-27-18(5)29-22/h6-11,13-15H,12H2,1-5H3,(H,28,34)(H,30,31,33). The average molecular weight is 553 g/mol. The van der Waals surface area contributed by atoms with E-state index < -0.39 is 27.1 Å². The van der Waals surface area contributed by atoms with E-state index in [0.29, 0.717) is 27.9 Å². The van der Waals surface area contributed by atoms with Gasteiger partial charge in [-0.1, -0.05) is 18.2 Å². The van der Waals surface area contributed by atoms with Crippen LogP contribution in [0.1, 0.15) is 41.3 Å². The molecule has 0 aliphatic rings. The van der Waals surface area contributed by atoms with E-state index in [1.807, 2.05) is 42.6 Å². The smallest absolute Gasteiger partial charge is 0.253 e. The molecule has 3 aromatic heterocycles. The summed E-state index contributed by atoms with van der Waals surface area (Å²) >= 11 is 1.27. The molecular formula is C26H28N6O4S2. The molecule has 38 heavy (non-hydrogen) atoms. The fourth-order valence-electron chi connectivity index (χ4n) is 3.73. The highest BCUT2D eigenvalue weighted by atomic mass is 32.2. The van der Waals surface area contributed by atoms with Crippen LogP contribution < -0.4 is 10.6 Å². The van der Waals surface area contributed by atoms with Crippen molar-refractivity contribution in [2.75, 3.05) is 11.9 Å². The predicted molar refractivity (Wildman–Crippen MR) is 148 cm³/mol. The summed E-state index contributed by atoms with van der Waals surface area (Å²) in [7, 11) is -3.61. The molecule has 1 aromatic carbocycles. The lowest BCUT2D eigenvalue weighted by atomic mass is 10.1. The second kappa shape index (κ2) is 10.8. The van der Waals surface area contributed by atoms with Crippen molar-refractivity contribution in [3.8, 4) is 22.5 Å². The first-order chi connectivity index (χ1) is 18.0. The zero-order chi connectivity index (χ0) is 27.6. The van der Waals surface area contributed by atoms with Crippen molar-refractivity contribution in [1.29, 1.82) is 0 Å². The molecule has 0 aliphatic heterocycles. The van der Waals surface area contributed by atoms with Gasteiger partial charge in [-0.15, -0.1) is 11.3 Å². The molecule has 0 aliphatic carbocycles. The number of nitrogens with zero attached hydrogens (tertiary/aromatic N) is 4. The molecule has 0 atom stereocenters. The van der Waals surface area contributed by atoms with Crippen LogP contribution in [-0.4, -0.2) is 51.0 Å². The van der Waals surface area contributed by atoms with Gasteiger partial charge < -0.3 is 10.6 Å². The van der Waals surface area contributed by atoms with Crippen molar-refractivity contribution in [1.82, 2.24) is 24.2 Å². The molecule has 0 spiro atoms. The number of hydrogen-bond acceptors (Lipinski definition) is 8. The normalized spacial score (nSPS) is 11.5. The van der Waals surface area contributed by atoms with Crippen LogP contribution >= 0.6 is 11.3 Å². The number of carbonyl (C=O) groups excluding carboxylic acids is 2. The van der Waals surface area contributed by atoms with Crippen LogP contribution in [0, 0.1) is 20.8 Å². The first-order valence-electron chi connectivity index (χ1n) is 11.8. The fraction of sp³-hybridized carbons (Fsp3) is 0.269. The van der Waals surface area contributed by atoms with E-state index in [0.717, 1.165) is 20.8 Å². The molecule has 0 saturated heterocycles. The summed E-state index contributed by atoms with van der Waals surface area (Å²) in [5.41, 5.74) is 4.50. The molecule has 0 bridgehead atoms. The molecule has 0 fully saturated rings. The third-order valence-corrected chi connectivity index (χ3v) is 8.91. The SMILES string of the molecule is Cc1nccc(-c2cccc(-c3csc(NC(=O)CNC(=O)c4cn(S(=O)(=O)C(C)C)c(C)c4C)n3)c2)n1. The largest absolute Gasteiger partial charge is 0.343 e.